The summed E-state index contributed by atoms with van der Waals surface area (Å²) in [5, 5.41) is 11.7. The van der Waals surface area contributed by atoms with Crippen LogP contribution in [0.15, 0.2) is 24.7 Å². The van der Waals surface area contributed by atoms with Crippen molar-refractivity contribution in [2.24, 2.45) is 14.1 Å². The molecule has 2 aromatic heterocycles. The van der Waals surface area contributed by atoms with Crippen molar-refractivity contribution in [1.29, 1.82) is 0 Å². The summed E-state index contributed by atoms with van der Waals surface area (Å²) in [5.74, 6) is 0.883. The number of aryl methyl sites for hydroxylation is 2. The zero-order valence-corrected chi connectivity index (χ0v) is 9.18. The van der Waals surface area contributed by atoms with Gasteiger partial charge in [0, 0.05) is 38.1 Å². The zero-order chi connectivity index (χ0) is 10.8. The molecule has 2 heterocycles. The van der Waals surface area contributed by atoms with E-state index >= 15 is 0 Å². The van der Waals surface area contributed by atoms with Gasteiger partial charge in [-0.2, -0.15) is 10.2 Å². The van der Waals surface area contributed by atoms with Gasteiger partial charge in [0.2, 0.25) is 0 Å². The van der Waals surface area contributed by atoms with Crippen LogP contribution in [0.25, 0.3) is 0 Å². The van der Waals surface area contributed by atoms with E-state index in [-0.39, 0.29) is 6.04 Å². The molecule has 1 atom stereocenters. The molecule has 0 aliphatic carbocycles. The zero-order valence-electron chi connectivity index (χ0n) is 9.18. The van der Waals surface area contributed by atoms with Crippen molar-refractivity contribution in [3.63, 3.8) is 0 Å². The molecule has 2 aromatic rings. The van der Waals surface area contributed by atoms with Crippen molar-refractivity contribution in [2.75, 3.05) is 5.32 Å². The molecule has 0 saturated carbocycles. The van der Waals surface area contributed by atoms with Crippen molar-refractivity contribution in [1.82, 2.24) is 19.6 Å². The van der Waals surface area contributed by atoms with Crippen LogP contribution in [0.3, 0.4) is 0 Å². The first-order valence-corrected chi connectivity index (χ1v) is 4.90. The second-order valence-corrected chi connectivity index (χ2v) is 3.69. The second-order valence-electron chi connectivity index (χ2n) is 3.69. The van der Waals surface area contributed by atoms with Gasteiger partial charge >= 0.3 is 0 Å². The highest BCUT2D eigenvalue weighted by Crippen LogP contribution is 2.16. The summed E-state index contributed by atoms with van der Waals surface area (Å²) in [6.45, 7) is 2.09. The topological polar surface area (TPSA) is 47.7 Å². The molecule has 15 heavy (non-hydrogen) atoms. The predicted octanol–water partition coefficient (Wildman–Crippen LogP) is 1.33. The molecular weight excluding hydrogens is 190 g/mol. The van der Waals surface area contributed by atoms with Gasteiger partial charge in [-0.05, 0) is 6.92 Å². The first-order chi connectivity index (χ1) is 7.15. The molecule has 5 nitrogen and oxygen atoms in total. The number of hydrogen-bond acceptors (Lipinski definition) is 3. The third-order valence-corrected chi connectivity index (χ3v) is 2.30. The fourth-order valence-electron chi connectivity index (χ4n) is 1.46. The van der Waals surface area contributed by atoms with Crippen molar-refractivity contribution >= 4 is 5.82 Å². The SMILES string of the molecule is CC(Nc1ccn(C)n1)c1cnn(C)c1. The van der Waals surface area contributed by atoms with Gasteiger partial charge < -0.3 is 5.32 Å². The Morgan fingerprint density at radius 2 is 2.13 bits per heavy atom. The van der Waals surface area contributed by atoms with Crippen LogP contribution < -0.4 is 5.32 Å². The highest BCUT2D eigenvalue weighted by Gasteiger charge is 2.08. The Morgan fingerprint density at radius 3 is 2.67 bits per heavy atom. The molecular formula is C10H15N5. The van der Waals surface area contributed by atoms with Crippen LogP contribution >= 0.6 is 0 Å². The van der Waals surface area contributed by atoms with Gasteiger partial charge in [-0.15, -0.1) is 0 Å². The van der Waals surface area contributed by atoms with Gasteiger partial charge in [-0.1, -0.05) is 0 Å². The monoisotopic (exact) mass is 205 g/mol. The van der Waals surface area contributed by atoms with Gasteiger partial charge in [0.05, 0.1) is 12.2 Å². The molecule has 0 radical (unpaired) electrons. The first kappa shape index (κ1) is 9.76. The standard InChI is InChI=1S/C10H15N5/c1-8(9-6-11-15(3)7-9)12-10-4-5-14(2)13-10/h4-8H,1-3H3,(H,12,13). The lowest BCUT2D eigenvalue weighted by atomic mass is 10.2. The normalized spacial score (nSPS) is 12.7. The lowest BCUT2D eigenvalue weighted by molar-refractivity contribution is 0.757. The summed E-state index contributed by atoms with van der Waals surface area (Å²) < 4.78 is 3.57. The summed E-state index contributed by atoms with van der Waals surface area (Å²) in [4.78, 5) is 0. The van der Waals surface area contributed by atoms with Crippen molar-refractivity contribution in [2.45, 2.75) is 13.0 Å². The largest absolute Gasteiger partial charge is 0.362 e. The summed E-state index contributed by atoms with van der Waals surface area (Å²) in [6, 6.07) is 2.17. The van der Waals surface area contributed by atoms with Gasteiger partial charge in [0.1, 0.15) is 5.82 Å². The summed E-state index contributed by atoms with van der Waals surface area (Å²) in [5.41, 5.74) is 1.16. The minimum absolute atomic E-state index is 0.216. The molecule has 0 aromatic carbocycles. The Labute approximate surface area is 88.7 Å². The highest BCUT2D eigenvalue weighted by atomic mass is 15.3. The average Bonchev–Trinajstić information content (AvgIpc) is 2.75. The summed E-state index contributed by atoms with van der Waals surface area (Å²) in [7, 11) is 3.82. The summed E-state index contributed by atoms with van der Waals surface area (Å²) in [6.07, 6.45) is 5.78. The van der Waals surface area contributed by atoms with Crippen molar-refractivity contribution < 1.29 is 0 Å². The molecule has 1 unspecified atom stereocenters. The van der Waals surface area contributed by atoms with Crippen LogP contribution in [0.4, 0.5) is 5.82 Å². The van der Waals surface area contributed by atoms with Crippen LogP contribution in [0, 0.1) is 0 Å². The number of aromatic nitrogens is 4. The van der Waals surface area contributed by atoms with Crippen LogP contribution in [0.2, 0.25) is 0 Å². The Kier molecular flexibility index (Phi) is 2.45. The van der Waals surface area contributed by atoms with Gasteiger partial charge in [0.25, 0.3) is 0 Å². The maximum Gasteiger partial charge on any atom is 0.148 e. The Morgan fingerprint density at radius 1 is 1.33 bits per heavy atom. The second kappa shape index (κ2) is 3.76. The third kappa shape index (κ3) is 2.18. The van der Waals surface area contributed by atoms with Crippen LogP contribution in [0.1, 0.15) is 18.5 Å². The van der Waals surface area contributed by atoms with E-state index in [0.717, 1.165) is 11.4 Å². The predicted molar refractivity (Wildman–Crippen MR) is 58.5 cm³/mol. The smallest absolute Gasteiger partial charge is 0.148 e. The Balaban J connectivity index is 2.06. The minimum atomic E-state index is 0.216. The molecule has 0 fully saturated rings. The third-order valence-electron chi connectivity index (χ3n) is 2.30. The lowest BCUT2D eigenvalue weighted by Crippen LogP contribution is -2.06. The van der Waals surface area contributed by atoms with E-state index in [1.54, 1.807) is 9.36 Å². The molecule has 1 N–H and O–H groups in total. The van der Waals surface area contributed by atoms with Crippen LogP contribution in [0.5, 0.6) is 0 Å². The van der Waals surface area contributed by atoms with Gasteiger partial charge in [-0.25, -0.2) is 0 Å². The molecule has 0 aliphatic rings. The summed E-state index contributed by atoms with van der Waals surface area (Å²) >= 11 is 0. The molecule has 0 aliphatic heterocycles. The molecule has 0 spiro atoms. The molecule has 0 bridgehead atoms. The fourth-order valence-corrected chi connectivity index (χ4v) is 1.46. The molecule has 80 valence electrons. The number of rotatable bonds is 3. The quantitative estimate of drug-likeness (QED) is 0.822. The van der Waals surface area contributed by atoms with Gasteiger partial charge in [-0.3, -0.25) is 9.36 Å². The van der Waals surface area contributed by atoms with E-state index in [1.807, 2.05) is 38.8 Å². The molecule has 2 rings (SSSR count). The molecule has 0 amide bonds. The highest BCUT2D eigenvalue weighted by molar-refractivity contribution is 5.35. The van der Waals surface area contributed by atoms with E-state index in [9.17, 15) is 0 Å². The Hall–Kier alpha value is -1.78. The van der Waals surface area contributed by atoms with Gasteiger partial charge in [0.15, 0.2) is 0 Å². The van der Waals surface area contributed by atoms with E-state index in [0.29, 0.717) is 0 Å². The van der Waals surface area contributed by atoms with Crippen molar-refractivity contribution in [3.05, 3.63) is 30.2 Å². The number of anilines is 1. The average molecular weight is 205 g/mol. The number of nitrogens with one attached hydrogen (secondary N) is 1. The number of hydrogen-bond donors (Lipinski definition) is 1. The van der Waals surface area contributed by atoms with Crippen molar-refractivity contribution in [3.8, 4) is 0 Å². The Bertz CT molecular complexity index is 442. The lowest BCUT2D eigenvalue weighted by Gasteiger charge is -2.10. The fraction of sp³-hybridized carbons (Fsp3) is 0.400. The number of nitrogens with zero attached hydrogens (tertiary/aromatic N) is 4. The molecule has 5 heteroatoms. The van der Waals surface area contributed by atoms with E-state index in [1.165, 1.54) is 0 Å². The maximum absolute atomic E-state index is 4.26. The first-order valence-electron chi connectivity index (χ1n) is 4.90. The molecule has 0 saturated heterocycles. The van der Waals surface area contributed by atoms with Crippen LogP contribution in [-0.2, 0) is 14.1 Å². The van der Waals surface area contributed by atoms with E-state index in [4.69, 9.17) is 0 Å². The van der Waals surface area contributed by atoms with E-state index in [2.05, 4.69) is 22.4 Å². The van der Waals surface area contributed by atoms with Crippen LogP contribution in [-0.4, -0.2) is 19.6 Å². The van der Waals surface area contributed by atoms with E-state index < -0.39 is 0 Å². The minimum Gasteiger partial charge on any atom is -0.362 e. The maximum atomic E-state index is 4.26.